The molecule has 1 atom stereocenters. The highest BCUT2D eigenvalue weighted by molar-refractivity contribution is 7.93. The molecule has 0 unspecified atom stereocenters. The van der Waals surface area contributed by atoms with Gasteiger partial charge in [-0.3, -0.25) is 4.31 Å². The van der Waals surface area contributed by atoms with Gasteiger partial charge in [0.15, 0.2) is 0 Å². The molecule has 1 aliphatic rings. The van der Waals surface area contributed by atoms with E-state index < -0.39 is 21.4 Å². The number of sulfonamides is 1. The smallest absolute Gasteiger partial charge is 0.264 e. The molecule has 6 heteroatoms. The second-order valence-corrected chi connectivity index (χ2v) is 9.08. The Morgan fingerprint density at radius 3 is 2.46 bits per heavy atom. The maximum Gasteiger partial charge on any atom is 0.264 e. The number of nitrogens with zero attached hydrogens (tertiary/aromatic N) is 1. The Morgan fingerprint density at radius 2 is 1.85 bits per heavy atom. The van der Waals surface area contributed by atoms with Crippen molar-refractivity contribution in [2.45, 2.75) is 50.5 Å². The van der Waals surface area contributed by atoms with Crippen LogP contribution in [0.15, 0.2) is 47.4 Å². The highest BCUT2D eigenvalue weighted by Crippen LogP contribution is 2.47. The maximum atomic E-state index is 13.4. The summed E-state index contributed by atoms with van der Waals surface area (Å²) in [7, 11) is -3.82. The Bertz CT molecular complexity index is 907. The molecule has 140 valence electrons. The number of ether oxygens (including phenoxy) is 1. The largest absolute Gasteiger partial charge is 0.494 e. The molecule has 0 aliphatic carbocycles. The fourth-order valence-corrected chi connectivity index (χ4v) is 5.65. The Morgan fingerprint density at radius 1 is 1.19 bits per heavy atom. The van der Waals surface area contributed by atoms with E-state index in [-0.39, 0.29) is 10.8 Å². The summed E-state index contributed by atoms with van der Waals surface area (Å²) >= 11 is 0. The molecule has 0 bridgehead atoms. The minimum absolute atomic E-state index is 0.0846. The van der Waals surface area contributed by atoms with Crippen LogP contribution in [0.3, 0.4) is 0 Å². The first-order valence-electron chi connectivity index (χ1n) is 8.74. The molecule has 0 radical (unpaired) electrons. The van der Waals surface area contributed by atoms with Gasteiger partial charge in [-0.2, -0.15) is 0 Å². The molecule has 2 aromatic carbocycles. The Hall–Kier alpha value is -2.08. The summed E-state index contributed by atoms with van der Waals surface area (Å²) in [6, 6.07) is 10.5. The van der Waals surface area contributed by atoms with Gasteiger partial charge >= 0.3 is 0 Å². The molecule has 0 saturated heterocycles. The van der Waals surface area contributed by atoms with Crippen molar-refractivity contribution >= 4 is 15.7 Å². The van der Waals surface area contributed by atoms with Crippen LogP contribution in [0.25, 0.3) is 0 Å². The van der Waals surface area contributed by atoms with Gasteiger partial charge < -0.3 is 4.74 Å². The van der Waals surface area contributed by atoms with E-state index in [2.05, 4.69) is 6.92 Å². The third-order valence-corrected chi connectivity index (χ3v) is 6.81. The lowest BCUT2D eigenvalue weighted by Gasteiger charge is -2.46. The van der Waals surface area contributed by atoms with Gasteiger partial charge in [0.05, 0.1) is 22.7 Å². The topological polar surface area (TPSA) is 46.6 Å². The third kappa shape index (κ3) is 3.18. The van der Waals surface area contributed by atoms with Crippen molar-refractivity contribution in [2.75, 3.05) is 10.9 Å². The lowest BCUT2D eigenvalue weighted by molar-refractivity contribution is 0.338. The standard InChI is InChI=1S/C20H24FNO3S/c1-5-25-16-8-11-19-18(12-16)14(2)13-20(3,4)22(19)26(23,24)17-9-6-15(21)7-10-17/h6-12,14H,5,13H2,1-4H3/t14-/m0/s1. The predicted molar refractivity (Wildman–Crippen MR) is 101 cm³/mol. The minimum Gasteiger partial charge on any atom is -0.494 e. The van der Waals surface area contributed by atoms with E-state index in [0.29, 0.717) is 18.7 Å². The molecule has 0 amide bonds. The van der Waals surface area contributed by atoms with Crippen molar-refractivity contribution in [1.82, 2.24) is 0 Å². The van der Waals surface area contributed by atoms with Crippen LogP contribution in [0.5, 0.6) is 5.75 Å². The summed E-state index contributed by atoms with van der Waals surface area (Å²) in [5.41, 5.74) is 0.995. The summed E-state index contributed by atoms with van der Waals surface area (Å²) in [5, 5.41) is 0. The zero-order valence-electron chi connectivity index (χ0n) is 15.5. The van der Waals surface area contributed by atoms with Crippen molar-refractivity contribution in [1.29, 1.82) is 0 Å². The lowest BCUT2D eigenvalue weighted by Crippen LogP contribution is -2.51. The van der Waals surface area contributed by atoms with Crippen LogP contribution >= 0.6 is 0 Å². The molecule has 1 heterocycles. The molecule has 26 heavy (non-hydrogen) atoms. The zero-order valence-corrected chi connectivity index (χ0v) is 16.3. The summed E-state index contributed by atoms with van der Waals surface area (Å²) in [6.45, 7) is 8.40. The van der Waals surface area contributed by atoms with Crippen molar-refractivity contribution in [3.63, 3.8) is 0 Å². The molecular weight excluding hydrogens is 353 g/mol. The molecular formula is C20H24FNO3S. The van der Waals surface area contributed by atoms with Gasteiger partial charge in [0.25, 0.3) is 10.0 Å². The molecule has 2 aromatic rings. The van der Waals surface area contributed by atoms with E-state index in [1.807, 2.05) is 26.8 Å². The normalized spacial score (nSPS) is 19.1. The highest BCUT2D eigenvalue weighted by atomic mass is 32.2. The molecule has 0 aromatic heterocycles. The molecule has 0 saturated carbocycles. The monoisotopic (exact) mass is 377 g/mol. The minimum atomic E-state index is -3.82. The number of anilines is 1. The predicted octanol–water partition coefficient (Wildman–Crippen LogP) is 4.71. The van der Waals surface area contributed by atoms with E-state index in [4.69, 9.17) is 4.74 Å². The lowest BCUT2D eigenvalue weighted by atomic mass is 9.82. The van der Waals surface area contributed by atoms with E-state index in [9.17, 15) is 12.8 Å². The summed E-state index contributed by atoms with van der Waals surface area (Å²) in [5.74, 6) is 0.467. The van der Waals surface area contributed by atoms with Crippen LogP contribution < -0.4 is 9.04 Å². The second kappa shape index (κ2) is 6.58. The first-order chi connectivity index (χ1) is 12.2. The quantitative estimate of drug-likeness (QED) is 0.775. The van der Waals surface area contributed by atoms with Crippen LogP contribution in [-0.4, -0.2) is 20.6 Å². The molecule has 0 fully saturated rings. The summed E-state index contributed by atoms with van der Waals surface area (Å²) < 4.78 is 47.0. The zero-order chi connectivity index (χ0) is 19.1. The van der Waals surface area contributed by atoms with Gasteiger partial charge in [-0.05, 0) is 81.1 Å². The van der Waals surface area contributed by atoms with Crippen molar-refractivity contribution in [2.24, 2.45) is 0 Å². The Labute approximate surface area is 154 Å². The fraction of sp³-hybridized carbons (Fsp3) is 0.400. The number of benzene rings is 2. The van der Waals surface area contributed by atoms with Crippen molar-refractivity contribution < 1.29 is 17.5 Å². The van der Waals surface area contributed by atoms with Crippen LogP contribution in [0.2, 0.25) is 0 Å². The molecule has 4 nitrogen and oxygen atoms in total. The van der Waals surface area contributed by atoms with Crippen LogP contribution in [0.4, 0.5) is 10.1 Å². The van der Waals surface area contributed by atoms with Gasteiger partial charge in [0, 0.05) is 0 Å². The number of hydrogen-bond acceptors (Lipinski definition) is 3. The highest BCUT2D eigenvalue weighted by Gasteiger charge is 2.43. The second-order valence-electron chi connectivity index (χ2n) is 7.29. The van der Waals surface area contributed by atoms with E-state index in [0.717, 1.165) is 11.3 Å². The van der Waals surface area contributed by atoms with Crippen molar-refractivity contribution in [3.8, 4) is 5.75 Å². The van der Waals surface area contributed by atoms with Gasteiger partial charge in [0.1, 0.15) is 11.6 Å². The first-order valence-corrected chi connectivity index (χ1v) is 10.2. The maximum absolute atomic E-state index is 13.4. The first kappa shape index (κ1) is 18.7. The Kier molecular flexibility index (Phi) is 4.73. The number of fused-ring (bicyclic) bond motifs is 1. The van der Waals surface area contributed by atoms with E-state index >= 15 is 0 Å². The molecule has 0 N–H and O–H groups in total. The molecule has 0 spiro atoms. The van der Waals surface area contributed by atoms with Gasteiger partial charge in [-0.25, -0.2) is 12.8 Å². The van der Waals surface area contributed by atoms with Gasteiger partial charge in [-0.15, -0.1) is 0 Å². The Balaban J connectivity index is 2.16. The fourth-order valence-electron chi connectivity index (χ4n) is 3.80. The SMILES string of the molecule is CCOc1ccc2c(c1)[C@@H](C)CC(C)(C)N2S(=O)(=O)c1ccc(F)cc1. The third-order valence-electron chi connectivity index (χ3n) is 4.77. The van der Waals surface area contributed by atoms with E-state index in [1.165, 1.54) is 28.6 Å². The van der Waals surface area contributed by atoms with Crippen LogP contribution in [0, 0.1) is 5.82 Å². The van der Waals surface area contributed by atoms with Crippen molar-refractivity contribution in [3.05, 3.63) is 53.8 Å². The number of halogens is 1. The van der Waals surface area contributed by atoms with Gasteiger partial charge in [0.2, 0.25) is 0 Å². The average molecular weight is 377 g/mol. The summed E-state index contributed by atoms with van der Waals surface area (Å²) in [4.78, 5) is 0.0846. The van der Waals surface area contributed by atoms with E-state index in [1.54, 1.807) is 12.1 Å². The number of rotatable bonds is 4. The van der Waals surface area contributed by atoms with Crippen LogP contribution in [-0.2, 0) is 10.0 Å². The molecule has 3 rings (SSSR count). The van der Waals surface area contributed by atoms with Crippen LogP contribution in [0.1, 0.15) is 45.6 Å². The average Bonchev–Trinajstić information content (AvgIpc) is 2.55. The van der Waals surface area contributed by atoms with Gasteiger partial charge in [-0.1, -0.05) is 6.92 Å². The molecule has 1 aliphatic heterocycles. The summed E-state index contributed by atoms with van der Waals surface area (Å²) in [6.07, 6.45) is 0.677. The number of hydrogen-bond donors (Lipinski definition) is 0.